The van der Waals surface area contributed by atoms with Crippen LogP contribution in [0.25, 0.3) is 0 Å². The molecule has 2 aromatic rings. The third-order valence-electron chi connectivity index (χ3n) is 3.65. The van der Waals surface area contributed by atoms with E-state index in [1.165, 1.54) is 18.2 Å². The summed E-state index contributed by atoms with van der Waals surface area (Å²) in [6, 6.07) is 12.1. The summed E-state index contributed by atoms with van der Waals surface area (Å²) in [6.07, 6.45) is -3.82. The third kappa shape index (κ3) is 6.59. The predicted molar refractivity (Wildman–Crippen MR) is 96.4 cm³/mol. The van der Waals surface area contributed by atoms with Gasteiger partial charge >= 0.3 is 12.2 Å². The molecule has 0 aromatic heterocycles. The number of halogens is 3. The molecule has 0 saturated carbocycles. The largest absolute Gasteiger partial charge is 0.497 e. The number of hydrogen-bond donors (Lipinski definition) is 2. The van der Waals surface area contributed by atoms with Gasteiger partial charge in [0.15, 0.2) is 0 Å². The van der Waals surface area contributed by atoms with Gasteiger partial charge in [-0.1, -0.05) is 36.1 Å². The normalized spacial score (nSPS) is 10.5. The molecular weight excluding hydrogens is 357 g/mol. The van der Waals surface area contributed by atoms with Crippen LogP contribution < -0.4 is 15.4 Å². The molecule has 7 heteroatoms. The van der Waals surface area contributed by atoms with E-state index in [-0.39, 0.29) is 12.1 Å². The lowest BCUT2D eigenvalue weighted by Crippen LogP contribution is -2.36. The lowest BCUT2D eigenvalue weighted by atomic mass is 10.1. The minimum absolute atomic E-state index is 0.0550. The average Bonchev–Trinajstić information content (AvgIpc) is 2.65. The number of ether oxygens (including phenoxy) is 1. The Labute approximate surface area is 155 Å². The van der Waals surface area contributed by atoms with Gasteiger partial charge in [-0.2, -0.15) is 13.2 Å². The Morgan fingerprint density at radius 2 is 1.78 bits per heavy atom. The van der Waals surface area contributed by atoms with E-state index >= 15 is 0 Å². The highest BCUT2D eigenvalue weighted by Crippen LogP contribution is 2.31. The Morgan fingerprint density at radius 1 is 1.07 bits per heavy atom. The van der Waals surface area contributed by atoms with Crippen LogP contribution in [-0.4, -0.2) is 26.2 Å². The van der Waals surface area contributed by atoms with Gasteiger partial charge in [0, 0.05) is 12.1 Å². The smallest absolute Gasteiger partial charge is 0.417 e. The Morgan fingerprint density at radius 3 is 2.44 bits per heavy atom. The van der Waals surface area contributed by atoms with Gasteiger partial charge in [-0.15, -0.1) is 0 Å². The first kappa shape index (κ1) is 20.2. The second-order valence-corrected chi connectivity index (χ2v) is 5.55. The van der Waals surface area contributed by atoms with E-state index in [9.17, 15) is 18.0 Å². The first-order valence-electron chi connectivity index (χ1n) is 8.20. The van der Waals surface area contributed by atoms with Crippen molar-refractivity contribution in [2.24, 2.45) is 0 Å². The zero-order valence-corrected chi connectivity index (χ0v) is 14.7. The van der Waals surface area contributed by atoms with Gasteiger partial charge in [-0.3, -0.25) is 0 Å². The van der Waals surface area contributed by atoms with Crippen molar-refractivity contribution in [3.63, 3.8) is 0 Å². The highest BCUT2D eigenvalue weighted by atomic mass is 19.4. The van der Waals surface area contributed by atoms with E-state index < -0.39 is 17.8 Å². The Hall–Kier alpha value is -3.14. The van der Waals surface area contributed by atoms with Crippen LogP contribution >= 0.6 is 0 Å². The Balaban J connectivity index is 1.76. The second kappa shape index (κ2) is 9.53. The van der Waals surface area contributed by atoms with Crippen LogP contribution in [0.5, 0.6) is 5.75 Å². The fourth-order valence-electron chi connectivity index (χ4n) is 2.28. The van der Waals surface area contributed by atoms with E-state index in [1.54, 1.807) is 7.11 Å². The van der Waals surface area contributed by atoms with E-state index in [2.05, 4.69) is 22.5 Å². The molecule has 0 spiro atoms. The molecule has 0 heterocycles. The van der Waals surface area contributed by atoms with Crippen molar-refractivity contribution in [3.05, 3.63) is 65.2 Å². The van der Waals surface area contributed by atoms with Crippen molar-refractivity contribution in [2.75, 3.05) is 20.2 Å². The molecule has 0 aliphatic carbocycles. The summed E-state index contributed by atoms with van der Waals surface area (Å²) >= 11 is 0. The number of hydrogen-bond acceptors (Lipinski definition) is 2. The van der Waals surface area contributed by atoms with Crippen LogP contribution in [0.2, 0.25) is 0 Å². The van der Waals surface area contributed by atoms with Crippen LogP contribution in [0, 0.1) is 11.8 Å². The molecule has 0 aliphatic rings. The maximum absolute atomic E-state index is 12.9. The second-order valence-electron chi connectivity index (χ2n) is 5.55. The molecule has 0 unspecified atom stereocenters. The van der Waals surface area contributed by atoms with Crippen molar-refractivity contribution in [2.45, 2.75) is 12.6 Å². The molecule has 4 nitrogen and oxygen atoms in total. The molecule has 2 N–H and O–H groups in total. The molecule has 0 aliphatic heterocycles. The van der Waals surface area contributed by atoms with E-state index in [0.717, 1.165) is 17.4 Å². The molecule has 2 rings (SSSR count). The summed E-state index contributed by atoms with van der Waals surface area (Å²) in [7, 11) is 1.59. The monoisotopic (exact) mass is 376 g/mol. The molecular formula is C20H19F3N2O2. The molecule has 0 bridgehead atoms. The molecule has 27 heavy (non-hydrogen) atoms. The summed E-state index contributed by atoms with van der Waals surface area (Å²) < 4.78 is 43.6. The number of nitrogens with one attached hydrogen (secondary N) is 2. The average molecular weight is 376 g/mol. The van der Waals surface area contributed by atoms with Crippen molar-refractivity contribution in [1.29, 1.82) is 0 Å². The summed E-state index contributed by atoms with van der Waals surface area (Å²) in [5.41, 5.74) is 0.132. The zero-order valence-electron chi connectivity index (χ0n) is 14.7. The van der Waals surface area contributed by atoms with E-state index in [4.69, 9.17) is 4.74 Å². The number of methoxy groups -OCH3 is 1. The van der Waals surface area contributed by atoms with Crippen molar-refractivity contribution < 1.29 is 22.7 Å². The number of carbonyl (C=O) groups is 1. The van der Waals surface area contributed by atoms with Crippen LogP contribution in [-0.2, 0) is 12.6 Å². The lowest BCUT2D eigenvalue weighted by molar-refractivity contribution is -0.137. The quantitative estimate of drug-likeness (QED) is 0.784. The number of rotatable bonds is 5. The number of alkyl halides is 3. The van der Waals surface area contributed by atoms with Gasteiger partial charge in [0.2, 0.25) is 0 Å². The Bertz CT molecular complexity index is 822. The fourth-order valence-corrected chi connectivity index (χ4v) is 2.28. The van der Waals surface area contributed by atoms with E-state index in [0.29, 0.717) is 13.0 Å². The van der Waals surface area contributed by atoms with Gasteiger partial charge in [0.05, 0.1) is 19.2 Å². The summed E-state index contributed by atoms with van der Waals surface area (Å²) in [6.45, 7) is 0.364. The van der Waals surface area contributed by atoms with Crippen LogP contribution in [0.15, 0.2) is 48.5 Å². The van der Waals surface area contributed by atoms with Gasteiger partial charge in [-0.05, 0) is 36.2 Å². The zero-order chi connectivity index (χ0) is 19.7. The van der Waals surface area contributed by atoms with Crippen LogP contribution in [0.4, 0.5) is 18.0 Å². The Kier molecular flexibility index (Phi) is 7.12. The molecule has 2 aromatic carbocycles. The van der Waals surface area contributed by atoms with Crippen LogP contribution in [0.3, 0.4) is 0 Å². The van der Waals surface area contributed by atoms with E-state index in [1.807, 2.05) is 24.3 Å². The standard InChI is InChI=1S/C20H19F3N2O2/c1-27-17-10-8-15(9-11-17)12-14-25-19(26)24-13-4-6-16-5-2-3-7-18(16)20(21,22)23/h2-3,5,7-11H,12-14H2,1H3,(H2,24,25,26). The number of amides is 2. The minimum Gasteiger partial charge on any atom is -0.497 e. The van der Waals surface area contributed by atoms with Gasteiger partial charge in [0.1, 0.15) is 5.75 Å². The molecule has 2 amide bonds. The summed E-state index contributed by atoms with van der Waals surface area (Å²) in [5.74, 6) is 5.73. The highest BCUT2D eigenvalue weighted by Gasteiger charge is 2.32. The predicted octanol–water partition coefficient (Wildman–Crippen LogP) is 3.61. The van der Waals surface area contributed by atoms with Crippen LogP contribution in [0.1, 0.15) is 16.7 Å². The number of benzene rings is 2. The topological polar surface area (TPSA) is 50.4 Å². The lowest BCUT2D eigenvalue weighted by Gasteiger charge is -2.08. The SMILES string of the molecule is COc1ccc(CCNC(=O)NCC#Cc2ccccc2C(F)(F)F)cc1. The molecule has 0 radical (unpaired) electrons. The molecule has 142 valence electrons. The van der Waals surface area contributed by atoms with Crippen molar-refractivity contribution >= 4 is 6.03 Å². The first-order valence-corrected chi connectivity index (χ1v) is 8.20. The third-order valence-corrected chi connectivity index (χ3v) is 3.65. The van der Waals surface area contributed by atoms with Gasteiger partial charge in [-0.25, -0.2) is 4.79 Å². The maximum atomic E-state index is 12.9. The number of urea groups is 1. The summed E-state index contributed by atoms with van der Waals surface area (Å²) in [4.78, 5) is 11.7. The minimum atomic E-state index is -4.46. The molecule has 0 saturated heterocycles. The summed E-state index contributed by atoms with van der Waals surface area (Å²) in [5, 5.41) is 5.16. The van der Waals surface area contributed by atoms with Crippen molar-refractivity contribution in [3.8, 4) is 17.6 Å². The van der Waals surface area contributed by atoms with Gasteiger partial charge < -0.3 is 15.4 Å². The van der Waals surface area contributed by atoms with Crippen molar-refractivity contribution in [1.82, 2.24) is 10.6 Å². The fraction of sp³-hybridized carbons (Fsp3) is 0.250. The first-order chi connectivity index (χ1) is 12.9. The highest BCUT2D eigenvalue weighted by molar-refractivity contribution is 5.74. The molecule has 0 fully saturated rings. The maximum Gasteiger partial charge on any atom is 0.417 e. The number of carbonyl (C=O) groups excluding carboxylic acids is 1. The van der Waals surface area contributed by atoms with Gasteiger partial charge in [0.25, 0.3) is 0 Å². The molecule has 0 atom stereocenters.